The predicted molar refractivity (Wildman–Crippen MR) is 78.2 cm³/mol. The van der Waals surface area contributed by atoms with Crippen LogP contribution >= 0.6 is 0 Å². The molecule has 0 aliphatic carbocycles. The van der Waals surface area contributed by atoms with E-state index in [1.807, 2.05) is 0 Å². The first kappa shape index (κ1) is 12.5. The second-order valence-corrected chi connectivity index (χ2v) is 8.74. The van der Waals surface area contributed by atoms with Gasteiger partial charge in [0.2, 0.25) is 0 Å². The second-order valence-electron chi connectivity index (χ2n) is 5.27. The fourth-order valence-corrected chi connectivity index (χ4v) is 6.47. The number of terminal acetylenes is 1. The average Bonchev–Trinajstić information content (AvgIpc) is 2.40. The van der Waals surface area contributed by atoms with Gasteiger partial charge in [0.1, 0.15) is 0 Å². The monoisotopic (exact) mass is 242 g/mol. The van der Waals surface area contributed by atoms with Gasteiger partial charge in [0.05, 0.1) is 0 Å². The molecule has 1 fully saturated rings. The fraction of sp³-hybridized carbons (Fsp3) is 0.500. The summed E-state index contributed by atoms with van der Waals surface area (Å²) in [7, 11) is -0.336. The third kappa shape index (κ3) is 3.23. The van der Waals surface area contributed by atoms with Crippen LogP contribution in [0.25, 0.3) is 0 Å². The van der Waals surface area contributed by atoms with Crippen LogP contribution in [0.2, 0.25) is 18.1 Å². The van der Waals surface area contributed by atoms with Crippen molar-refractivity contribution in [2.24, 2.45) is 0 Å². The summed E-state index contributed by atoms with van der Waals surface area (Å²) in [5.74, 6) is 3.50. The van der Waals surface area contributed by atoms with E-state index in [9.17, 15) is 0 Å². The molecule has 0 atom stereocenters. The summed E-state index contributed by atoms with van der Waals surface area (Å²) in [5.41, 5.74) is 2.51. The van der Waals surface area contributed by atoms with Crippen LogP contribution in [0.1, 0.15) is 43.2 Å². The number of rotatable bonds is 3. The van der Waals surface area contributed by atoms with Gasteiger partial charge in [0.25, 0.3) is 0 Å². The van der Waals surface area contributed by atoms with Crippen LogP contribution in [-0.2, 0) is 0 Å². The van der Waals surface area contributed by atoms with Gasteiger partial charge in [-0.25, -0.2) is 0 Å². The topological polar surface area (TPSA) is 0 Å². The van der Waals surface area contributed by atoms with Crippen molar-refractivity contribution in [2.45, 2.75) is 50.2 Å². The molecule has 0 aromatic heterocycles. The number of hydrogen-bond donors (Lipinski definition) is 0. The van der Waals surface area contributed by atoms with Crippen LogP contribution in [0.15, 0.2) is 24.3 Å². The lowest BCUT2D eigenvalue weighted by Crippen LogP contribution is -2.19. The van der Waals surface area contributed by atoms with Crippen molar-refractivity contribution >= 4 is 8.80 Å². The second kappa shape index (κ2) is 6.07. The highest BCUT2D eigenvalue weighted by Gasteiger charge is 2.22. The Kier molecular flexibility index (Phi) is 4.45. The van der Waals surface area contributed by atoms with Gasteiger partial charge in [-0.2, -0.15) is 0 Å². The zero-order chi connectivity index (χ0) is 12.1. The summed E-state index contributed by atoms with van der Waals surface area (Å²) >= 11 is 0. The van der Waals surface area contributed by atoms with E-state index in [1.165, 1.54) is 24.8 Å². The molecule has 1 aliphatic heterocycles. The molecule has 1 aromatic rings. The zero-order valence-electron chi connectivity index (χ0n) is 10.8. The van der Waals surface area contributed by atoms with Gasteiger partial charge in [-0.05, 0) is 36.5 Å². The Hall–Kier alpha value is -1.00. The Morgan fingerprint density at radius 2 is 1.88 bits per heavy atom. The Bertz CT molecular complexity index is 377. The molecule has 0 radical (unpaired) electrons. The van der Waals surface area contributed by atoms with Crippen LogP contribution in [0.5, 0.6) is 0 Å². The van der Waals surface area contributed by atoms with Crippen molar-refractivity contribution < 1.29 is 0 Å². The van der Waals surface area contributed by atoms with Crippen molar-refractivity contribution in [3.8, 4) is 12.3 Å². The van der Waals surface area contributed by atoms with E-state index in [0.29, 0.717) is 0 Å². The Morgan fingerprint density at radius 3 is 2.41 bits per heavy atom. The minimum atomic E-state index is -0.336. The van der Waals surface area contributed by atoms with Crippen LogP contribution in [0.3, 0.4) is 0 Å². The first-order valence-corrected chi connectivity index (χ1v) is 9.35. The molecule has 0 unspecified atom stereocenters. The molecule has 0 bridgehead atoms. The van der Waals surface area contributed by atoms with E-state index in [-0.39, 0.29) is 8.80 Å². The highest BCUT2D eigenvalue weighted by molar-refractivity contribution is 6.59. The molecule has 1 heteroatoms. The van der Waals surface area contributed by atoms with Gasteiger partial charge in [0, 0.05) is 14.4 Å². The lowest BCUT2D eigenvalue weighted by Gasteiger charge is -2.27. The van der Waals surface area contributed by atoms with Gasteiger partial charge >= 0.3 is 0 Å². The van der Waals surface area contributed by atoms with Crippen molar-refractivity contribution in [1.29, 1.82) is 0 Å². The number of benzene rings is 1. The van der Waals surface area contributed by atoms with Gasteiger partial charge in [-0.3, -0.25) is 0 Å². The Balaban J connectivity index is 1.94. The summed E-state index contributed by atoms with van der Waals surface area (Å²) < 4.78 is 0. The smallest absolute Gasteiger partial charge is 0.0368 e. The molecule has 0 saturated carbocycles. The molecular formula is C16H22Si. The lowest BCUT2D eigenvalue weighted by atomic mass is 9.93. The number of hydrogen-bond acceptors (Lipinski definition) is 0. The van der Waals surface area contributed by atoms with Crippen molar-refractivity contribution in [3.05, 3.63) is 35.4 Å². The van der Waals surface area contributed by atoms with Gasteiger partial charge in [-0.1, -0.05) is 49.5 Å². The fourth-order valence-electron chi connectivity index (χ4n) is 3.04. The molecule has 17 heavy (non-hydrogen) atoms. The zero-order valence-corrected chi connectivity index (χ0v) is 11.9. The van der Waals surface area contributed by atoms with Crippen LogP contribution in [-0.4, -0.2) is 8.80 Å². The van der Waals surface area contributed by atoms with Crippen LogP contribution < -0.4 is 0 Å². The molecule has 0 amide bonds. The molecule has 0 nitrogen and oxygen atoms in total. The minimum absolute atomic E-state index is 0.336. The maximum absolute atomic E-state index is 5.39. The maximum atomic E-state index is 5.39. The lowest BCUT2D eigenvalue weighted by molar-refractivity contribution is 0.606. The Labute approximate surface area is 107 Å². The quantitative estimate of drug-likeness (QED) is 0.551. The molecule has 2 rings (SSSR count). The highest BCUT2D eigenvalue weighted by atomic mass is 28.3. The molecule has 0 N–H and O–H groups in total. The molecule has 1 saturated heterocycles. The summed E-state index contributed by atoms with van der Waals surface area (Å²) in [4.78, 5) is 0. The summed E-state index contributed by atoms with van der Waals surface area (Å²) in [6, 6.07) is 13.3. The summed E-state index contributed by atoms with van der Waals surface area (Å²) in [6.07, 6.45) is 9.63. The normalized spacial score (nSPS) is 24.2. The molecule has 90 valence electrons. The third-order valence-corrected chi connectivity index (χ3v) is 7.79. The van der Waals surface area contributed by atoms with E-state index in [2.05, 4.69) is 37.1 Å². The minimum Gasteiger partial charge on any atom is -0.115 e. The molecule has 1 aliphatic rings. The van der Waals surface area contributed by atoms with Crippen molar-refractivity contribution in [2.75, 3.05) is 0 Å². The Morgan fingerprint density at radius 1 is 1.24 bits per heavy atom. The SMILES string of the molecule is C#Cc1ccc([C@H]2CC[Si@H](CCC)CC2)cc1. The van der Waals surface area contributed by atoms with Gasteiger partial charge < -0.3 is 0 Å². The molecule has 1 aromatic carbocycles. The van der Waals surface area contributed by atoms with E-state index in [4.69, 9.17) is 6.42 Å². The average molecular weight is 242 g/mol. The van der Waals surface area contributed by atoms with Gasteiger partial charge in [0.15, 0.2) is 0 Å². The largest absolute Gasteiger partial charge is 0.115 e. The van der Waals surface area contributed by atoms with Crippen LogP contribution in [0.4, 0.5) is 0 Å². The predicted octanol–water partition coefficient (Wildman–Crippen LogP) is 4.18. The first-order chi connectivity index (χ1) is 8.33. The molecule has 1 heterocycles. The summed E-state index contributed by atoms with van der Waals surface area (Å²) in [6.45, 7) is 2.33. The van der Waals surface area contributed by atoms with Crippen LogP contribution in [0, 0.1) is 12.3 Å². The third-order valence-electron chi connectivity index (χ3n) is 4.09. The molecule has 0 spiro atoms. The summed E-state index contributed by atoms with van der Waals surface area (Å²) in [5, 5.41) is 0. The van der Waals surface area contributed by atoms with E-state index in [0.717, 1.165) is 11.5 Å². The maximum Gasteiger partial charge on any atom is 0.0368 e. The van der Waals surface area contributed by atoms with Crippen molar-refractivity contribution in [3.63, 3.8) is 0 Å². The van der Waals surface area contributed by atoms with E-state index in [1.54, 1.807) is 18.1 Å². The van der Waals surface area contributed by atoms with Gasteiger partial charge in [-0.15, -0.1) is 6.42 Å². The standard InChI is InChI=1S/C16H22Si/c1-3-11-17-12-9-16(10-13-17)15-7-5-14(4-2)6-8-15/h2,5-8,16-17H,3,9-13H2,1H3/t16-,17-. The molecular weight excluding hydrogens is 220 g/mol. The highest BCUT2D eigenvalue weighted by Crippen LogP contribution is 2.34. The van der Waals surface area contributed by atoms with E-state index < -0.39 is 0 Å². The first-order valence-electron chi connectivity index (χ1n) is 6.90. The van der Waals surface area contributed by atoms with E-state index >= 15 is 0 Å². The van der Waals surface area contributed by atoms with Crippen molar-refractivity contribution in [1.82, 2.24) is 0 Å².